The van der Waals surface area contributed by atoms with Crippen molar-refractivity contribution >= 4 is 8.56 Å². The van der Waals surface area contributed by atoms with Gasteiger partial charge in [0, 0.05) is 12.6 Å². The van der Waals surface area contributed by atoms with Crippen LogP contribution in [0.2, 0.25) is 12.6 Å². The van der Waals surface area contributed by atoms with Crippen molar-refractivity contribution in [3.05, 3.63) is 60.7 Å². The molecule has 0 saturated heterocycles. The Hall–Kier alpha value is -1.74. The third kappa shape index (κ3) is 15.4. The monoisotopic (exact) mass is 510 g/mol. The number of benzene rings is 2. The lowest BCUT2D eigenvalue weighted by molar-refractivity contribution is 0.384. The smallest absolute Gasteiger partial charge is 0.457 e. The number of hydrogen-bond donors (Lipinski definition) is 0. The predicted octanol–water partition coefficient (Wildman–Crippen LogP) is 11.3. The first-order chi connectivity index (χ1) is 17.7. The fourth-order valence-corrected chi connectivity index (χ4v) is 7.35. The Labute approximate surface area is 224 Å². The van der Waals surface area contributed by atoms with Crippen molar-refractivity contribution in [2.45, 2.75) is 135 Å². The lowest BCUT2D eigenvalue weighted by Crippen LogP contribution is -2.45. The van der Waals surface area contributed by atoms with Gasteiger partial charge in [0.2, 0.25) is 0 Å². The summed E-state index contributed by atoms with van der Waals surface area (Å²) in [5.74, 6) is 1.84. The van der Waals surface area contributed by atoms with Crippen LogP contribution in [0, 0.1) is 0 Å². The third-order valence-electron chi connectivity index (χ3n) is 7.14. The molecule has 0 amide bonds. The van der Waals surface area contributed by atoms with Crippen molar-refractivity contribution < 1.29 is 8.85 Å². The van der Waals surface area contributed by atoms with E-state index in [9.17, 15) is 0 Å². The van der Waals surface area contributed by atoms with E-state index in [-0.39, 0.29) is 0 Å². The van der Waals surface area contributed by atoms with Crippen molar-refractivity contribution in [1.82, 2.24) is 0 Å². The molecule has 0 aliphatic carbocycles. The average molecular weight is 511 g/mol. The topological polar surface area (TPSA) is 18.5 Å². The van der Waals surface area contributed by atoms with Gasteiger partial charge in [-0.15, -0.1) is 0 Å². The van der Waals surface area contributed by atoms with Crippen LogP contribution in [-0.4, -0.2) is 8.56 Å². The Balaban J connectivity index is 1.48. The number of para-hydroxylation sites is 2. The second-order valence-electron chi connectivity index (χ2n) is 10.7. The van der Waals surface area contributed by atoms with Gasteiger partial charge in [0.25, 0.3) is 0 Å². The van der Waals surface area contributed by atoms with Crippen molar-refractivity contribution in [2.24, 2.45) is 0 Å². The minimum atomic E-state index is -2.34. The second-order valence-corrected chi connectivity index (χ2v) is 13.9. The molecule has 0 bridgehead atoms. The third-order valence-corrected chi connectivity index (χ3v) is 9.74. The summed E-state index contributed by atoms with van der Waals surface area (Å²) in [6, 6.07) is 21.4. The fourth-order valence-electron chi connectivity index (χ4n) is 4.95. The van der Waals surface area contributed by atoms with Crippen LogP contribution in [0.25, 0.3) is 0 Å². The number of hydrogen-bond acceptors (Lipinski definition) is 2. The highest BCUT2D eigenvalue weighted by molar-refractivity contribution is 6.67. The lowest BCUT2D eigenvalue weighted by atomic mass is 10.0. The van der Waals surface area contributed by atoms with Gasteiger partial charge in [-0.2, -0.15) is 0 Å². The summed E-state index contributed by atoms with van der Waals surface area (Å²) in [5, 5.41) is 0. The molecule has 0 saturated carbocycles. The Morgan fingerprint density at radius 3 is 1.08 bits per heavy atom. The van der Waals surface area contributed by atoms with Gasteiger partial charge in [-0.3, -0.25) is 0 Å². The molecule has 0 fully saturated rings. The molecule has 36 heavy (non-hydrogen) atoms. The molecule has 3 heteroatoms. The zero-order chi connectivity index (χ0) is 25.6. The van der Waals surface area contributed by atoms with Crippen LogP contribution < -0.4 is 8.85 Å². The van der Waals surface area contributed by atoms with Crippen LogP contribution in [-0.2, 0) is 0 Å². The molecule has 0 atom stereocenters. The SMILES string of the molecule is CCCCCCCCCCCCCCCCCCCC[Si](C)(Oc1ccccc1)Oc1ccccc1. The Kier molecular flexibility index (Phi) is 17.2. The molecule has 0 aromatic heterocycles. The van der Waals surface area contributed by atoms with Crippen LogP contribution in [0.5, 0.6) is 11.5 Å². The maximum absolute atomic E-state index is 6.46. The van der Waals surface area contributed by atoms with Crippen molar-refractivity contribution in [1.29, 1.82) is 0 Å². The molecule has 0 aliphatic rings. The highest BCUT2D eigenvalue weighted by atomic mass is 28.4. The Morgan fingerprint density at radius 1 is 0.444 bits per heavy atom. The summed E-state index contributed by atoms with van der Waals surface area (Å²) in [7, 11) is -2.34. The van der Waals surface area contributed by atoms with Crippen molar-refractivity contribution in [3.8, 4) is 11.5 Å². The summed E-state index contributed by atoms with van der Waals surface area (Å²) in [6.07, 6.45) is 25.3. The van der Waals surface area contributed by atoms with Gasteiger partial charge in [-0.05, 0) is 30.7 Å². The molecular formula is C33H54O2Si. The highest BCUT2D eigenvalue weighted by Crippen LogP contribution is 2.25. The number of rotatable bonds is 23. The lowest BCUT2D eigenvalue weighted by Gasteiger charge is -2.28. The molecule has 0 radical (unpaired) electrons. The summed E-state index contributed by atoms with van der Waals surface area (Å²) in [6.45, 7) is 4.51. The van der Waals surface area contributed by atoms with Crippen LogP contribution in [0.4, 0.5) is 0 Å². The summed E-state index contributed by atoms with van der Waals surface area (Å²) in [4.78, 5) is 0. The van der Waals surface area contributed by atoms with E-state index in [1.54, 1.807) is 0 Å². The first-order valence-corrected chi connectivity index (χ1v) is 17.7. The Bertz CT molecular complexity index is 692. The molecule has 2 aromatic carbocycles. The van der Waals surface area contributed by atoms with E-state index in [1.807, 2.05) is 60.7 Å². The van der Waals surface area contributed by atoms with Crippen LogP contribution in [0.3, 0.4) is 0 Å². The first kappa shape index (κ1) is 30.5. The predicted molar refractivity (Wildman–Crippen MR) is 159 cm³/mol. The second kappa shape index (κ2) is 20.3. The first-order valence-electron chi connectivity index (χ1n) is 15.2. The molecule has 2 nitrogen and oxygen atoms in total. The molecule has 0 heterocycles. The Morgan fingerprint density at radius 2 is 0.750 bits per heavy atom. The minimum absolute atomic E-state index is 0.921. The standard InChI is InChI=1S/C33H54O2Si/c1-3-4-5-6-7-8-9-10-11-12-13-14-15-16-17-18-19-26-31-36(2,34-32-27-22-20-23-28-32)35-33-29-24-21-25-30-33/h20-25,27-30H,3-19,26,31H2,1-2H3. The number of unbranched alkanes of at least 4 members (excludes halogenated alkanes) is 17. The fraction of sp³-hybridized carbons (Fsp3) is 0.636. The van der Waals surface area contributed by atoms with E-state index >= 15 is 0 Å². The van der Waals surface area contributed by atoms with Crippen LogP contribution in [0.1, 0.15) is 122 Å². The molecule has 2 rings (SSSR count). The minimum Gasteiger partial charge on any atom is -0.512 e. The van der Waals surface area contributed by atoms with E-state index in [4.69, 9.17) is 8.85 Å². The van der Waals surface area contributed by atoms with Gasteiger partial charge >= 0.3 is 8.56 Å². The van der Waals surface area contributed by atoms with E-state index in [0.717, 1.165) is 17.5 Å². The quantitative estimate of drug-likeness (QED) is 0.109. The van der Waals surface area contributed by atoms with Crippen LogP contribution in [0.15, 0.2) is 60.7 Å². The van der Waals surface area contributed by atoms with Gasteiger partial charge < -0.3 is 8.85 Å². The molecule has 0 unspecified atom stereocenters. The summed E-state index contributed by atoms with van der Waals surface area (Å²) < 4.78 is 12.9. The summed E-state index contributed by atoms with van der Waals surface area (Å²) >= 11 is 0. The normalized spacial score (nSPS) is 11.5. The average Bonchev–Trinajstić information content (AvgIpc) is 2.89. The molecule has 202 valence electrons. The van der Waals surface area contributed by atoms with E-state index < -0.39 is 8.56 Å². The molecule has 2 aromatic rings. The van der Waals surface area contributed by atoms with E-state index in [2.05, 4.69) is 13.5 Å². The van der Waals surface area contributed by atoms with Gasteiger partial charge in [0.15, 0.2) is 0 Å². The van der Waals surface area contributed by atoms with E-state index in [0.29, 0.717) is 0 Å². The van der Waals surface area contributed by atoms with Gasteiger partial charge in [-0.1, -0.05) is 152 Å². The van der Waals surface area contributed by atoms with E-state index in [1.165, 1.54) is 116 Å². The zero-order valence-corrected chi connectivity index (χ0v) is 24.5. The maximum Gasteiger partial charge on any atom is 0.457 e. The molecule has 0 aliphatic heterocycles. The summed E-state index contributed by atoms with van der Waals surface area (Å²) in [5.41, 5.74) is 0. The molecule has 0 spiro atoms. The maximum atomic E-state index is 6.46. The largest absolute Gasteiger partial charge is 0.512 e. The molecular weight excluding hydrogens is 456 g/mol. The van der Waals surface area contributed by atoms with Gasteiger partial charge in [-0.25, -0.2) is 0 Å². The van der Waals surface area contributed by atoms with Gasteiger partial charge in [0.1, 0.15) is 11.5 Å². The van der Waals surface area contributed by atoms with Gasteiger partial charge in [0.05, 0.1) is 0 Å². The van der Waals surface area contributed by atoms with Crippen molar-refractivity contribution in [2.75, 3.05) is 0 Å². The highest BCUT2D eigenvalue weighted by Gasteiger charge is 2.35. The van der Waals surface area contributed by atoms with Crippen LogP contribution >= 0.6 is 0 Å². The van der Waals surface area contributed by atoms with Crippen molar-refractivity contribution in [3.63, 3.8) is 0 Å². The molecule has 0 N–H and O–H groups in total. The zero-order valence-electron chi connectivity index (χ0n) is 23.5.